The van der Waals surface area contributed by atoms with Crippen molar-refractivity contribution in [3.63, 3.8) is 0 Å². The van der Waals surface area contributed by atoms with Crippen LogP contribution in [-0.4, -0.2) is 49.1 Å². The number of likely N-dealkylation sites (tertiary alicyclic amines) is 1. The van der Waals surface area contributed by atoms with Gasteiger partial charge < -0.3 is 9.47 Å². The largest absolute Gasteiger partial charge is 0.469 e. The Morgan fingerprint density at radius 3 is 2.57 bits per heavy atom. The molecule has 6 heteroatoms. The van der Waals surface area contributed by atoms with E-state index in [1.54, 1.807) is 12.3 Å². The normalized spacial score (nSPS) is 22.6. The Hall–Kier alpha value is -1.95. The molecule has 0 bridgehead atoms. The molecule has 1 saturated heterocycles. The fourth-order valence-electron chi connectivity index (χ4n) is 3.52. The van der Waals surface area contributed by atoms with E-state index in [2.05, 4.69) is 14.6 Å². The lowest BCUT2D eigenvalue weighted by molar-refractivity contribution is -0.143. The number of hydrogen-bond acceptors (Lipinski definition) is 6. The van der Waals surface area contributed by atoms with Gasteiger partial charge >= 0.3 is 11.9 Å². The van der Waals surface area contributed by atoms with Gasteiger partial charge in [0.05, 0.1) is 31.4 Å². The molecule has 2 aliphatic rings. The summed E-state index contributed by atoms with van der Waals surface area (Å²) in [5, 5.41) is 0. The Morgan fingerprint density at radius 1 is 1.26 bits per heavy atom. The number of ether oxygens (including phenoxy) is 2. The molecule has 1 aromatic heterocycles. The number of carbonyl (C=O) groups excluding carboxylic acids is 2. The summed E-state index contributed by atoms with van der Waals surface area (Å²) in [6.07, 6.45) is 4.60. The zero-order chi connectivity index (χ0) is 16.4. The lowest BCUT2D eigenvalue weighted by atomic mass is 9.90. The Bertz CT molecular complexity index is 591. The van der Waals surface area contributed by atoms with Crippen molar-refractivity contribution in [3.8, 4) is 0 Å². The van der Waals surface area contributed by atoms with E-state index in [-0.39, 0.29) is 23.3 Å². The maximum Gasteiger partial charge on any atom is 0.339 e. The molecule has 0 aromatic carbocycles. The van der Waals surface area contributed by atoms with Gasteiger partial charge in [0, 0.05) is 12.7 Å². The Kier molecular flexibility index (Phi) is 4.35. The van der Waals surface area contributed by atoms with Crippen LogP contribution >= 0.6 is 0 Å². The summed E-state index contributed by atoms with van der Waals surface area (Å²) < 4.78 is 9.53. The third-order valence-corrected chi connectivity index (χ3v) is 5.16. The van der Waals surface area contributed by atoms with Gasteiger partial charge in [-0.05, 0) is 49.9 Å². The second-order valence-electron chi connectivity index (χ2n) is 6.45. The van der Waals surface area contributed by atoms with Crippen LogP contribution in [0.5, 0.6) is 0 Å². The first-order valence-electron chi connectivity index (χ1n) is 7.91. The first-order valence-corrected chi connectivity index (χ1v) is 7.91. The molecule has 0 radical (unpaired) electrons. The van der Waals surface area contributed by atoms with Crippen molar-refractivity contribution in [1.29, 1.82) is 0 Å². The van der Waals surface area contributed by atoms with Crippen LogP contribution < -0.4 is 0 Å². The summed E-state index contributed by atoms with van der Waals surface area (Å²) in [4.78, 5) is 29.7. The number of aromatic nitrogens is 1. The number of carbonyl (C=O) groups is 2. The predicted molar refractivity (Wildman–Crippen MR) is 82.6 cm³/mol. The van der Waals surface area contributed by atoms with Crippen LogP contribution in [0.15, 0.2) is 18.3 Å². The van der Waals surface area contributed by atoms with Crippen LogP contribution in [0.1, 0.15) is 35.3 Å². The molecular formula is C17H22N2O4. The SMILES string of the molecule is COC(=O)c1ccc(CN2CCC3(CC2)CC3C(=O)OC)nc1. The van der Waals surface area contributed by atoms with Gasteiger partial charge in [-0.2, -0.15) is 0 Å². The molecule has 3 rings (SSSR count). The number of esters is 2. The van der Waals surface area contributed by atoms with Gasteiger partial charge in [0.2, 0.25) is 0 Å². The molecule has 1 unspecified atom stereocenters. The highest BCUT2D eigenvalue weighted by Gasteiger charge is 2.59. The van der Waals surface area contributed by atoms with E-state index in [4.69, 9.17) is 4.74 Å². The van der Waals surface area contributed by atoms with Crippen molar-refractivity contribution in [2.45, 2.75) is 25.8 Å². The van der Waals surface area contributed by atoms with E-state index < -0.39 is 0 Å². The minimum atomic E-state index is -0.369. The summed E-state index contributed by atoms with van der Waals surface area (Å²) in [5.41, 5.74) is 1.59. The lowest BCUT2D eigenvalue weighted by Crippen LogP contribution is -2.35. The standard InChI is InChI=1S/C17H22N2O4/c1-22-15(20)12-3-4-13(18-10-12)11-19-7-5-17(6-8-19)9-14(17)16(21)23-2/h3-4,10,14H,5-9,11H2,1-2H3. The summed E-state index contributed by atoms with van der Waals surface area (Å²) in [5.74, 6) is -0.322. The first-order chi connectivity index (χ1) is 11.1. The average Bonchev–Trinajstić information content (AvgIpc) is 3.30. The van der Waals surface area contributed by atoms with Crippen molar-refractivity contribution in [2.75, 3.05) is 27.3 Å². The highest BCUT2D eigenvalue weighted by Crippen LogP contribution is 2.59. The summed E-state index contributed by atoms with van der Waals surface area (Å²) in [7, 11) is 2.83. The van der Waals surface area contributed by atoms with Crippen molar-refractivity contribution in [1.82, 2.24) is 9.88 Å². The topological polar surface area (TPSA) is 68.7 Å². The van der Waals surface area contributed by atoms with Crippen molar-refractivity contribution >= 4 is 11.9 Å². The molecule has 1 aliphatic heterocycles. The van der Waals surface area contributed by atoms with E-state index in [9.17, 15) is 9.59 Å². The number of hydrogen-bond donors (Lipinski definition) is 0. The molecule has 124 valence electrons. The second kappa shape index (κ2) is 6.28. The molecule has 0 amide bonds. The molecule has 1 saturated carbocycles. The van der Waals surface area contributed by atoms with E-state index in [0.29, 0.717) is 5.56 Å². The Morgan fingerprint density at radius 2 is 2.00 bits per heavy atom. The number of nitrogens with zero attached hydrogens (tertiary/aromatic N) is 2. The number of methoxy groups -OCH3 is 2. The van der Waals surface area contributed by atoms with Crippen LogP contribution in [0, 0.1) is 11.3 Å². The van der Waals surface area contributed by atoms with Crippen LogP contribution in [0.3, 0.4) is 0 Å². The van der Waals surface area contributed by atoms with Gasteiger partial charge in [0.25, 0.3) is 0 Å². The highest BCUT2D eigenvalue weighted by molar-refractivity contribution is 5.88. The molecule has 1 spiro atoms. The number of pyridine rings is 1. The van der Waals surface area contributed by atoms with Crippen LogP contribution in [0.4, 0.5) is 0 Å². The third kappa shape index (κ3) is 3.22. The summed E-state index contributed by atoms with van der Waals surface area (Å²) >= 11 is 0. The zero-order valence-electron chi connectivity index (χ0n) is 13.6. The van der Waals surface area contributed by atoms with Crippen LogP contribution in [0.2, 0.25) is 0 Å². The minimum Gasteiger partial charge on any atom is -0.469 e. The van der Waals surface area contributed by atoms with Gasteiger partial charge in [-0.3, -0.25) is 14.7 Å². The van der Waals surface area contributed by atoms with E-state index in [1.807, 2.05) is 6.07 Å². The fraction of sp³-hybridized carbons (Fsp3) is 0.588. The molecule has 1 aliphatic carbocycles. The van der Waals surface area contributed by atoms with Gasteiger partial charge in [-0.1, -0.05) is 0 Å². The lowest BCUT2D eigenvalue weighted by Gasteiger charge is -2.32. The molecule has 1 atom stereocenters. The molecular weight excluding hydrogens is 296 g/mol. The quantitative estimate of drug-likeness (QED) is 0.786. The molecule has 6 nitrogen and oxygen atoms in total. The fourth-order valence-corrected chi connectivity index (χ4v) is 3.52. The molecule has 0 N–H and O–H groups in total. The minimum absolute atomic E-state index is 0.0569. The third-order valence-electron chi connectivity index (χ3n) is 5.16. The smallest absolute Gasteiger partial charge is 0.339 e. The van der Waals surface area contributed by atoms with E-state index >= 15 is 0 Å². The molecule has 2 fully saturated rings. The zero-order valence-corrected chi connectivity index (χ0v) is 13.6. The van der Waals surface area contributed by atoms with Crippen molar-refractivity contribution in [2.24, 2.45) is 11.3 Å². The average molecular weight is 318 g/mol. The monoisotopic (exact) mass is 318 g/mol. The maximum absolute atomic E-state index is 11.6. The van der Waals surface area contributed by atoms with Crippen LogP contribution in [0.25, 0.3) is 0 Å². The first kappa shape index (κ1) is 15.9. The van der Waals surface area contributed by atoms with E-state index in [1.165, 1.54) is 14.2 Å². The molecule has 23 heavy (non-hydrogen) atoms. The number of rotatable bonds is 4. The predicted octanol–water partition coefficient (Wildman–Crippen LogP) is 1.64. The van der Waals surface area contributed by atoms with Crippen molar-refractivity contribution < 1.29 is 19.1 Å². The second-order valence-corrected chi connectivity index (χ2v) is 6.45. The number of piperidine rings is 1. The maximum atomic E-state index is 11.6. The highest BCUT2D eigenvalue weighted by atomic mass is 16.5. The van der Waals surface area contributed by atoms with Gasteiger partial charge in [-0.25, -0.2) is 4.79 Å². The van der Waals surface area contributed by atoms with Gasteiger partial charge in [0.15, 0.2) is 0 Å². The molecule has 2 heterocycles. The van der Waals surface area contributed by atoms with E-state index in [0.717, 1.165) is 44.6 Å². The van der Waals surface area contributed by atoms with Gasteiger partial charge in [-0.15, -0.1) is 0 Å². The van der Waals surface area contributed by atoms with Crippen LogP contribution in [-0.2, 0) is 20.8 Å². The Labute approximate surface area is 135 Å². The summed E-state index contributed by atoms with van der Waals surface area (Å²) in [6, 6.07) is 3.61. The van der Waals surface area contributed by atoms with Gasteiger partial charge in [0.1, 0.15) is 0 Å². The molecule has 1 aromatic rings. The summed E-state index contributed by atoms with van der Waals surface area (Å²) in [6.45, 7) is 2.70. The van der Waals surface area contributed by atoms with Crippen molar-refractivity contribution in [3.05, 3.63) is 29.6 Å². The Balaban J connectivity index is 1.51.